The van der Waals surface area contributed by atoms with E-state index in [1.165, 1.54) is 0 Å². The Hall–Kier alpha value is -3.64. The van der Waals surface area contributed by atoms with Crippen molar-refractivity contribution >= 4 is 22.5 Å². The lowest BCUT2D eigenvalue weighted by Gasteiger charge is -2.36. The van der Waals surface area contributed by atoms with Gasteiger partial charge in [-0.25, -0.2) is 9.97 Å². The van der Waals surface area contributed by atoms with Gasteiger partial charge in [-0.2, -0.15) is 0 Å². The van der Waals surface area contributed by atoms with Gasteiger partial charge in [-0.05, 0) is 41.0 Å². The lowest BCUT2D eigenvalue weighted by Crippen LogP contribution is -2.42. The van der Waals surface area contributed by atoms with Gasteiger partial charge in [-0.1, -0.05) is 42.5 Å². The number of nitrogen functional groups attached to an aromatic ring is 1. The molecule has 2 aromatic heterocycles. The first-order valence-electron chi connectivity index (χ1n) is 10.8. The Morgan fingerprint density at radius 3 is 2.41 bits per heavy atom. The Balaban J connectivity index is 1.44. The van der Waals surface area contributed by atoms with E-state index in [2.05, 4.69) is 33.2 Å². The minimum absolute atomic E-state index is 0.234. The van der Waals surface area contributed by atoms with Gasteiger partial charge in [0.05, 0.1) is 5.41 Å². The van der Waals surface area contributed by atoms with Crippen LogP contribution < -0.4 is 5.73 Å². The van der Waals surface area contributed by atoms with Crippen molar-refractivity contribution in [1.82, 2.24) is 15.0 Å². The second kappa shape index (κ2) is 8.48. The lowest BCUT2D eigenvalue weighted by molar-refractivity contribution is -0.127. The van der Waals surface area contributed by atoms with Gasteiger partial charge in [0.25, 0.3) is 0 Å². The number of nitrogens with two attached hydrogens (primary N) is 1. The van der Waals surface area contributed by atoms with E-state index >= 15 is 0 Å². The highest BCUT2D eigenvalue weighted by atomic mass is 16.5. The average Bonchev–Trinajstić information content (AvgIpc) is 2.85. The van der Waals surface area contributed by atoms with Gasteiger partial charge in [0, 0.05) is 55.4 Å². The Kier molecular flexibility index (Phi) is 5.37. The van der Waals surface area contributed by atoms with E-state index < -0.39 is 5.41 Å². The van der Waals surface area contributed by atoms with E-state index in [9.17, 15) is 4.79 Å². The molecule has 3 heterocycles. The molecular formula is C26H24N4O2. The molecule has 0 amide bonds. The van der Waals surface area contributed by atoms with Crippen molar-refractivity contribution in [3.63, 3.8) is 0 Å². The van der Waals surface area contributed by atoms with Gasteiger partial charge in [0.1, 0.15) is 5.78 Å². The maximum absolute atomic E-state index is 13.7. The van der Waals surface area contributed by atoms with Crippen molar-refractivity contribution in [3.05, 3.63) is 84.4 Å². The molecular weight excluding hydrogens is 400 g/mol. The van der Waals surface area contributed by atoms with E-state index in [0.29, 0.717) is 32.5 Å². The Labute approximate surface area is 186 Å². The fourth-order valence-corrected chi connectivity index (χ4v) is 4.51. The van der Waals surface area contributed by atoms with Crippen LogP contribution in [0.1, 0.15) is 24.0 Å². The molecule has 0 atom stereocenters. The van der Waals surface area contributed by atoms with Crippen LogP contribution in [-0.2, 0) is 21.4 Å². The molecule has 5 rings (SSSR count). The predicted molar refractivity (Wildman–Crippen MR) is 124 cm³/mol. The largest absolute Gasteiger partial charge is 0.381 e. The molecule has 0 unspecified atom stereocenters. The molecule has 6 nitrogen and oxygen atoms in total. The van der Waals surface area contributed by atoms with E-state index in [4.69, 9.17) is 10.5 Å². The predicted octanol–water partition coefficient (Wildman–Crippen LogP) is 4.13. The summed E-state index contributed by atoms with van der Waals surface area (Å²) in [4.78, 5) is 26.0. The quantitative estimate of drug-likeness (QED) is 0.518. The summed E-state index contributed by atoms with van der Waals surface area (Å²) in [5.74, 6) is 0.486. The highest BCUT2D eigenvalue weighted by molar-refractivity contribution is 5.93. The normalized spacial score (nSPS) is 15.5. The van der Waals surface area contributed by atoms with E-state index in [1.54, 1.807) is 18.6 Å². The van der Waals surface area contributed by atoms with Crippen LogP contribution in [-0.4, -0.2) is 33.9 Å². The zero-order valence-corrected chi connectivity index (χ0v) is 17.7. The molecule has 1 saturated heterocycles. The maximum Gasteiger partial charge on any atom is 0.219 e. The molecule has 1 fully saturated rings. The highest BCUT2D eigenvalue weighted by Gasteiger charge is 2.41. The standard InChI is InChI=1S/C26H24N4O2/c27-25-29-16-22(17-30-25)19-3-5-23(6-4-19)26(8-11-32-12-9-26)24(31)14-18-1-2-21-15-28-10-7-20(21)13-18/h1-7,10,13,15-17H,8-9,11-12,14H2,(H2,27,29,30). The SMILES string of the molecule is Nc1ncc(-c2ccc(C3(C(=O)Cc4ccc5cnccc5c4)CCOCC3)cc2)cn1. The van der Waals surface area contributed by atoms with Crippen LogP contribution >= 0.6 is 0 Å². The number of carbonyl (C=O) groups is 1. The zero-order chi connectivity index (χ0) is 22.0. The number of hydrogen-bond donors (Lipinski definition) is 1. The van der Waals surface area contributed by atoms with Crippen molar-refractivity contribution in [1.29, 1.82) is 0 Å². The van der Waals surface area contributed by atoms with Crippen LogP contribution in [0.25, 0.3) is 21.9 Å². The number of Topliss-reactive ketones (excluding diaryl/α,β-unsaturated/α-hetero) is 1. The summed E-state index contributed by atoms with van der Waals surface area (Å²) in [6.07, 6.45) is 8.81. The number of anilines is 1. The molecule has 2 N–H and O–H groups in total. The third-order valence-corrected chi connectivity index (χ3v) is 6.39. The van der Waals surface area contributed by atoms with Crippen molar-refractivity contribution in [2.24, 2.45) is 0 Å². The molecule has 1 aliphatic rings. The number of benzene rings is 2. The van der Waals surface area contributed by atoms with Gasteiger partial charge >= 0.3 is 0 Å². The molecule has 1 aliphatic heterocycles. The molecule has 32 heavy (non-hydrogen) atoms. The highest BCUT2D eigenvalue weighted by Crippen LogP contribution is 2.38. The Bertz CT molecular complexity index is 1250. The second-order valence-corrected chi connectivity index (χ2v) is 8.26. The first kappa shape index (κ1) is 20.3. The van der Waals surface area contributed by atoms with Crippen molar-refractivity contribution < 1.29 is 9.53 Å². The average molecular weight is 425 g/mol. The van der Waals surface area contributed by atoms with Crippen LogP contribution in [0.4, 0.5) is 5.95 Å². The number of ketones is 1. The number of pyridine rings is 1. The molecule has 0 bridgehead atoms. The zero-order valence-electron chi connectivity index (χ0n) is 17.7. The lowest BCUT2D eigenvalue weighted by atomic mass is 9.69. The number of rotatable bonds is 5. The number of nitrogens with zero attached hydrogens (tertiary/aromatic N) is 3. The van der Waals surface area contributed by atoms with E-state index in [-0.39, 0.29) is 11.7 Å². The summed E-state index contributed by atoms with van der Waals surface area (Å²) in [5, 5.41) is 2.17. The molecule has 2 aromatic carbocycles. The monoisotopic (exact) mass is 424 g/mol. The first-order chi connectivity index (χ1) is 15.6. The topological polar surface area (TPSA) is 91.0 Å². The Morgan fingerprint density at radius 1 is 0.906 bits per heavy atom. The van der Waals surface area contributed by atoms with Gasteiger partial charge in [-0.3, -0.25) is 9.78 Å². The summed E-state index contributed by atoms with van der Waals surface area (Å²) in [5.41, 5.74) is 9.00. The summed E-state index contributed by atoms with van der Waals surface area (Å²) in [7, 11) is 0. The van der Waals surface area contributed by atoms with Crippen LogP contribution in [0.15, 0.2) is 73.3 Å². The van der Waals surface area contributed by atoms with Crippen LogP contribution in [0.3, 0.4) is 0 Å². The first-order valence-corrected chi connectivity index (χ1v) is 10.8. The Morgan fingerprint density at radius 2 is 1.66 bits per heavy atom. The van der Waals surface area contributed by atoms with Crippen LogP contribution in [0.2, 0.25) is 0 Å². The van der Waals surface area contributed by atoms with Gasteiger partial charge in [-0.15, -0.1) is 0 Å². The van der Waals surface area contributed by atoms with Crippen molar-refractivity contribution in [2.45, 2.75) is 24.7 Å². The number of aromatic nitrogens is 3. The summed E-state index contributed by atoms with van der Waals surface area (Å²) >= 11 is 0. The smallest absolute Gasteiger partial charge is 0.219 e. The number of fused-ring (bicyclic) bond motifs is 1. The molecule has 0 saturated carbocycles. The van der Waals surface area contributed by atoms with Crippen LogP contribution in [0.5, 0.6) is 0 Å². The number of ether oxygens (including phenoxy) is 1. The van der Waals surface area contributed by atoms with E-state index in [1.807, 2.05) is 36.5 Å². The molecule has 6 heteroatoms. The molecule has 160 valence electrons. The van der Waals surface area contributed by atoms with Crippen LogP contribution in [0, 0.1) is 0 Å². The van der Waals surface area contributed by atoms with Crippen molar-refractivity contribution in [2.75, 3.05) is 18.9 Å². The summed E-state index contributed by atoms with van der Waals surface area (Å²) in [6.45, 7) is 1.17. The molecule has 0 radical (unpaired) electrons. The molecule has 0 spiro atoms. The van der Waals surface area contributed by atoms with Gasteiger partial charge in [0.15, 0.2) is 0 Å². The van der Waals surface area contributed by atoms with Crippen molar-refractivity contribution in [3.8, 4) is 11.1 Å². The summed E-state index contributed by atoms with van der Waals surface area (Å²) < 4.78 is 5.62. The second-order valence-electron chi connectivity index (χ2n) is 8.26. The minimum Gasteiger partial charge on any atom is -0.381 e. The third-order valence-electron chi connectivity index (χ3n) is 6.39. The maximum atomic E-state index is 13.7. The number of carbonyl (C=O) groups excluding carboxylic acids is 1. The van der Waals surface area contributed by atoms with E-state index in [0.717, 1.165) is 33.0 Å². The van der Waals surface area contributed by atoms with Gasteiger partial charge < -0.3 is 10.5 Å². The fraction of sp³-hybridized carbons (Fsp3) is 0.231. The number of hydrogen-bond acceptors (Lipinski definition) is 6. The summed E-state index contributed by atoms with van der Waals surface area (Å²) in [6, 6.07) is 16.3. The fourth-order valence-electron chi connectivity index (χ4n) is 4.51. The third kappa shape index (κ3) is 3.85. The molecule has 4 aromatic rings. The van der Waals surface area contributed by atoms with Gasteiger partial charge in [0.2, 0.25) is 5.95 Å². The minimum atomic E-state index is -0.540. The molecule has 0 aliphatic carbocycles.